The molecular formula is C18H15ClN2O. The number of hydrogen-bond acceptors (Lipinski definition) is 3. The van der Waals surface area contributed by atoms with E-state index in [-0.39, 0.29) is 11.7 Å². The van der Waals surface area contributed by atoms with E-state index < -0.39 is 5.54 Å². The van der Waals surface area contributed by atoms with E-state index in [0.29, 0.717) is 18.0 Å². The summed E-state index contributed by atoms with van der Waals surface area (Å²) < 4.78 is 0. The highest BCUT2D eigenvalue weighted by Crippen LogP contribution is 2.47. The lowest BCUT2D eigenvalue weighted by Crippen LogP contribution is -2.44. The van der Waals surface area contributed by atoms with Crippen molar-refractivity contribution in [2.45, 2.75) is 24.3 Å². The second kappa shape index (κ2) is 5.03. The summed E-state index contributed by atoms with van der Waals surface area (Å²) in [5.41, 5.74) is 2.09. The van der Waals surface area contributed by atoms with Gasteiger partial charge in [0.1, 0.15) is 0 Å². The Labute approximate surface area is 134 Å². The molecule has 0 bridgehead atoms. The number of rotatable bonds is 1. The highest BCUT2D eigenvalue weighted by molar-refractivity contribution is 6.31. The first-order valence-corrected chi connectivity index (χ1v) is 7.86. The Morgan fingerprint density at radius 2 is 1.86 bits per heavy atom. The largest absolute Gasteiger partial charge is 0.291 e. The number of hydrogen-bond donors (Lipinski definition) is 0. The van der Waals surface area contributed by atoms with Crippen LogP contribution >= 0.6 is 11.6 Å². The Hall–Kier alpha value is -2.00. The van der Waals surface area contributed by atoms with Crippen molar-refractivity contribution in [2.75, 3.05) is 6.54 Å². The first-order chi connectivity index (χ1) is 10.7. The van der Waals surface area contributed by atoms with Crippen LogP contribution < -0.4 is 0 Å². The fourth-order valence-electron chi connectivity index (χ4n) is 3.64. The third-order valence-electron chi connectivity index (χ3n) is 4.80. The van der Waals surface area contributed by atoms with Gasteiger partial charge in [0.05, 0.1) is 6.54 Å². The van der Waals surface area contributed by atoms with E-state index in [1.807, 2.05) is 48.5 Å². The van der Waals surface area contributed by atoms with Crippen LogP contribution in [0.15, 0.2) is 58.8 Å². The van der Waals surface area contributed by atoms with Gasteiger partial charge in [0.25, 0.3) is 0 Å². The average Bonchev–Trinajstić information content (AvgIpc) is 2.96. The van der Waals surface area contributed by atoms with Crippen LogP contribution in [0.4, 0.5) is 0 Å². The van der Waals surface area contributed by atoms with Gasteiger partial charge in [-0.05, 0) is 30.0 Å². The molecule has 0 radical (unpaired) electrons. The van der Waals surface area contributed by atoms with Gasteiger partial charge in [-0.15, -0.1) is 0 Å². The number of azo groups is 1. The lowest BCUT2D eigenvalue weighted by atomic mass is 9.68. The zero-order valence-corrected chi connectivity index (χ0v) is 12.8. The summed E-state index contributed by atoms with van der Waals surface area (Å²) in [4.78, 5) is 13.1. The fourth-order valence-corrected chi connectivity index (χ4v) is 3.91. The van der Waals surface area contributed by atoms with Crippen LogP contribution in [0, 0.1) is 0 Å². The number of nitrogens with zero attached hydrogens (tertiary/aromatic N) is 2. The zero-order valence-electron chi connectivity index (χ0n) is 12.0. The zero-order chi connectivity index (χ0) is 15.2. The molecule has 22 heavy (non-hydrogen) atoms. The van der Waals surface area contributed by atoms with Crippen LogP contribution in [0.2, 0.25) is 5.02 Å². The minimum absolute atomic E-state index is 0.0675. The number of benzene rings is 2. The molecule has 0 saturated carbocycles. The smallest absolute Gasteiger partial charge is 0.193 e. The van der Waals surface area contributed by atoms with Gasteiger partial charge in [0, 0.05) is 16.5 Å². The van der Waals surface area contributed by atoms with Crippen LogP contribution in [0.3, 0.4) is 0 Å². The van der Waals surface area contributed by atoms with Crippen molar-refractivity contribution < 1.29 is 4.79 Å². The minimum Gasteiger partial charge on any atom is -0.291 e. The van der Waals surface area contributed by atoms with Gasteiger partial charge in [-0.1, -0.05) is 54.1 Å². The van der Waals surface area contributed by atoms with Crippen LogP contribution in [-0.2, 0) is 6.42 Å². The second-order valence-electron chi connectivity index (χ2n) is 5.91. The molecule has 0 unspecified atom stereocenters. The maximum absolute atomic E-state index is 13.1. The molecule has 1 heterocycles. The van der Waals surface area contributed by atoms with E-state index in [1.165, 1.54) is 0 Å². The molecule has 1 aliphatic carbocycles. The fraction of sp³-hybridized carbons (Fsp3) is 0.278. The number of Topliss-reactive ketones (excluding diaryl/α,β-unsaturated/α-hetero) is 1. The summed E-state index contributed by atoms with van der Waals surface area (Å²) in [6.45, 7) is 0.525. The first-order valence-electron chi connectivity index (χ1n) is 7.48. The van der Waals surface area contributed by atoms with Crippen molar-refractivity contribution >= 4 is 17.4 Å². The van der Waals surface area contributed by atoms with Crippen LogP contribution in [-0.4, -0.2) is 17.9 Å². The molecule has 2 aromatic rings. The number of carbonyl (C=O) groups excluding carboxylic acids is 1. The van der Waals surface area contributed by atoms with Gasteiger partial charge < -0.3 is 0 Å². The van der Waals surface area contributed by atoms with Crippen molar-refractivity contribution in [3.63, 3.8) is 0 Å². The van der Waals surface area contributed by atoms with Crippen molar-refractivity contribution in [3.05, 3.63) is 70.2 Å². The van der Waals surface area contributed by atoms with Gasteiger partial charge in [-0.3, -0.25) is 4.79 Å². The van der Waals surface area contributed by atoms with Crippen LogP contribution in [0.25, 0.3) is 0 Å². The maximum Gasteiger partial charge on any atom is 0.193 e. The SMILES string of the molecule is O=C1c2ccccc2CC[C@@]12N=NC[C@H]2c1ccccc1Cl. The molecule has 1 aliphatic heterocycles. The Morgan fingerprint density at radius 1 is 1.09 bits per heavy atom. The van der Waals surface area contributed by atoms with Crippen LogP contribution in [0.5, 0.6) is 0 Å². The summed E-state index contributed by atoms with van der Waals surface area (Å²) in [5, 5.41) is 9.34. The minimum atomic E-state index is -0.778. The van der Waals surface area contributed by atoms with E-state index in [1.54, 1.807) is 0 Å². The van der Waals surface area contributed by atoms with Gasteiger partial charge >= 0.3 is 0 Å². The topological polar surface area (TPSA) is 41.8 Å². The lowest BCUT2D eigenvalue weighted by Gasteiger charge is -2.35. The normalized spacial score (nSPS) is 26.4. The van der Waals surface area contributed by atoms with Gasteiger partial charge in [0.15, 0.2) is 11.3 Å². The van der Waals surface area contributed by atoms with E-state index in [4.69, 9.17) is 11.6 Å². The molecule has 0 N–H and O–H groups in total. The monoisotopic (exact) mass is 310 g/mol. The second-order valence-corrected chi connectivity index (χ2v) is 6.32. The maximum atomic E-state index is 13.1. The molecule has 0 aromatic heterocycles. The number of halogens is 1. The quantitative estimate of drug-likeness (QED) is 0.767. The van der Waals surface area contributed by atoms with Crippen molar-refractivity contribution in [3.8, 4) is 0 Å². The van der Waals surface area contributed by atoms with Gasteiger partial charge in [-0.2, -0.15) is 10.2 Å². The van der Waals surface area contributed by atoms with E-state index in [9.17, 15) is 4.79 Å². The Bertz CT molecular complexity index is 786. The molecule has 4 rings (SSSR count). The Balaban J connectivity index is 1.82. The average molecular weight is 311 g/mol. The van der Waals surface area contributed by atoms with E-state index in [2.05, 4.69) is 10.2 Å². The lowest BCUT2D eigenvalue weighted by molar-refractivity contribution is 0.0853. The molecule has 4 heteroatoms. The van der Waals surface area contributed by atoms with Crippen molar-refractivity contribution in [1.82, 2.24) is 0 Å². The van der Waals surface area contributed by atoms with E-state index in [0.717, 1.165) is 23.1 Å². The van der Waals surface area contributed by atoms with Gasteiger partial charge in [0.2, 0.25) is 0 Å². The highest BCUT2D eigenvalue weighted by Gasteiger charge is 2.52. The number of aryl methyl sites for hydroxylation is 1. The van der Waals surface area contributed by atoms with Crippen LogP contribution in [0.1, 0.15) is 33.8 Å². The Kier molecular flexibility index (Phi) is 3.12. The summed E-state index contributed by atoms with van der Waals surface area (Å²) in [6.07, 6.45) is 1.55. The third kappa shape index (κ3) is 1.85. The number of carbonyl (C=O) groups is 1. The Morgan fingerprint density at radius 3 is 2.73 bits per heavy atom. The predicted octanol–water partition coefficient (Wildman–Crippen LogP) is 4.46. The molecule has 110 valence electrons. The van der Waals surface area contributed by atoms with Gasteiger partial charge in [-0.25, -0.2) is 0 Å². The number of ketones is 1. The molecule has 2 aromatic carbocycles. The molecule has 0 fully saturated rings. The van der Waals surface area contributed by atoms with Crippen molar-refractivity contribution in [2.24, 2.45) is 10.2 Å². The molecule has 2 atom stereocenters. The van der Waals surface area contributed by atoms with E-state index >= 15 is 0 Å². The summed E-state index contributed by atoms with van der Waals surface area (Å²) in [7, 11) is 0. The first kappa shape index (κ1) is 13.6. The molecule has 2 aliphatic rings. The predicted molar refractivity (Wildman–Crippen MR) is 85.7 cm³/mol. The number of fused-ring (bicyclic) bond motifs is 1. The third-order valence-corrected chi connectivity index (χ3v) is 5.15. The molecule has 0 amide bonds. The standard InChI is InChI=1S/C18H15ClN2O/c19-16-8-4-3-7-14(16)15-11-20-21-18(15)10-9-12-5-1-2-6-13(12)17(18)22/h1-8,15H,9-11H2/t15-,18-/m0/s1. The molecule has 0 saturated heterocycles. The highest BCUT2D eigenvalue weighted by atomic mass is 35.5. The molecule has 1 spiro atoms. The molecule has 3 nitrogen and oxygen atoms in total. The van der Waals surface area contributed by atoms with Crippen molar-refractivity contribution in [1.29, 1.82) is 0 Å². The summed E-state index contributed by atoms with van der Waals surface area (Å²) in [5.74, 6) is 0.0163. The summed E-state index contributed by atoms with van der Waals surface area (Å²) in [6, 6.07) is 15.5. The molecular weight excluding hydrogens is 296 g/mol. The summed E-state index contributed by atoms with van der Waals surface area (Å²) >= 11 is 6.36.